The van der Waals surface area contributed by atoms with Gasteiger partial charge in [0.1, 0.15) is 0 Å². The van der Waals surface area contributed by atoms with Crippen LogP contribution < -0.4 is 10.5 Å². The summed E-state index contributed by atoms with van der Waals surface area (Å²) in [4.78, 5) is 13.9. The molecule has 3 N–H and O–H groups in total. The van der Waals surface area contributed by atoms with Gasteiger partial charge in [-0.15, -0.1) is 11.3 Å². The molecule has 8 heteroatoms. The predicted molar refractivity (Wildman–Crippen MR) is 94.6 cm³/mol. The molecular weight excluding hydrogens is 346 g/mol. The van der Waals surface area contributed by atoms with Gasteiger partial charge in [0.15, 0.2) is 0 Å². The normalized spacial score (nSPS) is 22.5. The summed E-state index contributed by atoms with van der Waals surface area (Å²) in [5.74, 6) is 0.429. The number of piperidine rings is 1. The minimum Gasteiger partial charge on any atom is -0.348 e. The largest absolute Gasteiger partial charge is 0.348 e. The van der Waals surface area contributed by atoms with E-state index < -0.39 is 10.2 Å². The first kappa shape index (κ1) is 17.8. The summed E-state index contributed by atoms with van der Waals surface area (Å²) in [6, 6.07) is 4.22. The van der Waals surface area contributed by atoms with Crippen molar-refractivity contribution in [2.24, 2.45) is 17.0 Å². The zero-order valence-corrected chi connectivity index (χ0v) is 15.3. The van der Waals surface area contributed by atoms with E-state index in [1.165, 1.54) is 22.0 Å². The van der Waals surface area contributed by atoms with Crippen LogP contribution in [0.15, 0.2) is 17.5 Å². The molecule has 1 aliphatic carbocycles. The number of carbonyl (C=O) groups is 1. The lowest BCUT2D eigenvalue weighted by atomic mass is 9.93. The molecule has 1 amide bonds. The third-order valence-electron chi connectivity index (χ3n) is 5.20. The summed E-state index contributed by atoms with van der Waals surface area (Å²) >= 11 is 1.69. The van der Waals surface area contributed by atoms with Crippen LogP contribution >= 0.6 is 11.3 Å². The first-order valence-electron chi connectivity index (χ1n) is 8.57. The van der Waals surface area contributed by atoms with Crippen molar-refractivity contribution in [2.45, 2.75) is 44.6 Å². The maximum Gasteiger partial charge on any atom is 0.276 e. The Morgan fingerprint density at radius 1 is 1.25 bits per heavy atom. The molecule has 134 valence electrons. The number of nitrogens with two attached hydrogens (primary N) is 1. The third-order valence-corrected chi connectivity index (χ3v) is 7.24. The van der Waals surface area contributed by atoms with Gasteiger partial charge in [-0.2, -0.15) is 12.7 Å². The molecule has 0 spiro atoms. The van der Waals surface area contributed by atoms with Gasteiger partial charge in [0.2, 0.25) is 5.91 Å². The minimum atomic E-state index is -3.64. The summed E-state index contributed by atoms with van der Waals surface area (Å²) in [6.45, 7) is 0.647. The Balaban J connectivity index is 1.62. The fourth-order valence-electron chi connectivity index (χ4n) is 3.82. The summed E-state index contributed by atoms with van der Waals surface area (Å²) in [5, 5.41) is 10.5. The van der Waals surface area contributed by atoms with E-state index >= 15 is 0 Å². The van der Waals surface area contributed by atoms with Crippen molar-refractivity contribution in [3.63, 3.8) is 0 Å². The van der Waals surface area contributed by atoms with E-state index in [0.29, 0.717) is 31.8 Å². The Bertz CT molecular complexity index is 646. The van der Waals surface area contributed by atoms with Crippen molar-refractivity contribution in [2.75, 3.05) is 13.1 Å². The molecule has 0 aromatic carbocycles. The maximum absolute atomic E-state index is 12.7. The van der Waals surface area contributed by atoms with Crippen molar-refractivity contribution in [3.8, 4) is 0 Å². The lowest BCUT2D eigenvalue weighted by Crippen LogP contribution is -2.46. The number of rotatable bonds is 5. The topological polar surface area (TPSA) is 92.5 Å². The van der Waals surface area contributed by atoms with Gasteiger partial charge in [-0.05, 0) is 43.0 Å². The Kier molecular flexibility index (Phi) is 5.59. The quantitative estimate of drug-likeness (QED) is 0.829. The number of thiophene rings is 1. The zero-order chi connectivity index (χ0) is 17.2. The molecule has 1 aromatic heterocycles. The SMILES string of the molecule is NS(=O)(=O)N1CCC(C(=O)N[C@@H](c2cccs2)C2CCCC2)CC1. The highest BCUT2D eigenvalue weighted by atomic mass is 32.2. The number of nitrogens with zero attached hydrogens (tertiary/aromatic N) is 1. The molecule has 0 bridgehead atoms. The molecule has 24 heavy (non-hydrogen) atoms. The van der Waals surface area contributed by atoms with E-state index in [1.807, 2.05) is 11.4 Å². The zero-order valence-electron chi connectivity index (χ0n) is 13.7. The number of amides is 1. The van der Waals surface area contributed by atoms with Crippen molar-refractivity contribution in [1.29, 1.82) is 0 Å². The van der Waals surface area contributed by atoms with E-state index in [4.69, 9.17) is 5.14 Å². The predicted octanol–water partition coefficient (Wildman–Crippen LogP) is 2.01. The molecule has 2 aliphatic rings. The highest BCUT2D eigenvalue weighted by Gasteiger charge is 2.33. The van der Waals surface area contributed by atoms with E-state index in [1.54, 1.807) is 11.3 Å². The molecule has 0 unspecified atom stereocenters. The van der Waals surface area contributed by atoms with E-state index in [9.17, 15) is 13.2 Å². The maximum atomic E-state index is 12.7. The van der Waals surface area contributed by atoms with Gasteiger partial charge in [0.05, 0.1) is 6.04 Å². The van der Waals surface area contributed by atoms with Crippen LogP contribution in [0.2, 0.25) is 0 Å². The van der Waals surface area contributed by atoms with E-state index in [0.717, 1.165) is 12.8 Å². The number of nitrogens with one attached hydrogen (secondary N) is 1. The molecular formula is C16H25N3O3S2. The van der Waals surface area contributed by atoms with Crippen molar-refractivity contribution >= 4 is 27.5 Å². The van der Waals surface area contributed by atoms with Crippen LogP contribution in [0.4, 0.5) is 0 Å². The van der Waals surface area contributed by atoms with Gasteiger partial charge in [0, 0.05) is 23.9 Å². The Morgan fingerprint density at radius 2 is 1.92 bits per heavy atom. The summed E-state index contributed by atoms with van der Waals surface area (Å²) in [5.41, 5.74) is 0. The molecule has 1 atom stereocenters. The van der Waals surface area contributed by atoms with E-state index in [-0.39, 0.29) is 17.9 Å². The Labute approximate surface area is 147 Å². The highest BCUT2D eigenvalue weighted by Crippen LogP contribution is 2.37. The summed E-state index contributed by atoms with van der Waals surface area (Å²) in [6.07, 6.45) is 5.85. The second kappa shape index (κ2) is 7.51. The van der Waals surface area contributed by atoms with Gasteiger partial charge < -0.3 is 5.32 Å². The lowest BCUT2D eigenvalue weighted by molar-refractivity contribution is -0.127. The molecule has 6 nitrogen and oxygen atoms in total. The fourth-order valence-corrected chi connectivity index (χ4v) is 5.41. The van der Waals surface area contributed by atoms with Gasteiger partial charge in [-0.25, -0.2) is 5.14 Å². The number of hydrogen-bond donors (Lipinski definition) is 2. The van der Waals surface area contributed by atoms with Crippen LogP contribution in [0.1, 0.15) is 49.4 Å². The van der Waals surface area contributed by atoms with Crippen LogP contribution in [-0.2, 0) is 15.0 Å². The van der Waals surface area contributed by atoms with Crippen LogP contribution in [0.5, 0.6) is 0 Å². The van der Waals surface area contributed by atoms with Crippen LogP contribution in [0, 0.1) is 11.8 Å². The monoisotopic (exact) mass is 371 g/mol. The molecule has 1 saturated carbocycles. The first-order chi connectivity index (χ1) is 11.4. The van der Waals surface area contributed by atoms with E-state index in [2.05, 4.69) is 11.4 Å². The molecule has 1 saturated heterocycles. The van der Waals surface area contributed by atoms with Crippen molar-refractivity contribution in [1.82, 2.24) is 9.62 Å². The summed E-state index contributed by atoms with van der Waals surface area (Å²) in [7, 11) is -3.64. The second-order valence-corrected chi connectivity index (χ2v) is 9.29. The molecule has 3 rings (SSSR count). The standard InChI is InChI=1S/C16H25N3O3S2/c17-24(21,22)19-9-7-13(8-10-19)16(20)18-15(12-4-1-2-5-12)14-6-3-11-23-14/h3,6,11-13,15H,1-2,4-5,7-10H2,(H,18,20)(H2,17,21,22)/t15-/m1/s1. The smallest absolute Gasteiger partial charge is 0.276 e. The highest BCUT2D eigenvalue weighted by molar-refractivity contribution is 7.86. The van der Waals surface area contributed by atoms with Gasteiger partial charge >= 0.3 is 0 Å². The van der Waals surface area contributed by atoms with Gasteiger partial charge in [-0.3, -0.25) is 4.79 Å². The Hall–Kier alpha value is -0.960. The molecule has 1 aliphatic heterocycles. The summed E-state index contributed by atoms with van der Waals surface area (Å²) < 4.78 is 24.0. The first-order valence-corrected chi connectivity index (χ1v) is 10.9. The Morgan fingerprint density at radius 3 is 2.46 bits per heavy atom. The van der Waals surface area contributed by atoms with Gasteiger partial charge in [0.25, 0.3) is 10.2 Å². The molecule has 1 aromatic rings. The molecule has 2 heterocycles. The average Bonchev–Trinajstić information content (AvgIpc) is 3.25. The second-order valence-electron chi connectivity index (χ2n) is 6.76. The molecule has 0 radical (unpaired) electrons. The minimum absolute atomic E-state index is 0.0503. The average molecular weight is 372 g/mol. The number of hydrogen-bond acceptors (Lipinski definition) is 4. The van der Waals surface area contributed by atoms with Crippen molar-refractivity contribution < 1.29 is 13.2 Å². The van der Waals surface area contributed by atoms with Crippen molar-refractivity contribution in [3.05, 3.63) is 22.4 Å². The van der Waals surface area contributed by atoms with Crippen LogP contribution in [-0.4, -0.2) is 31.7 Å². The fraction of sp³-hybridized carbons (Fsp3) is 0.688. The molecule has 2 fully saturated rings. The number of carbonyl (C=O) groups excluding carboxylic acids is 1. The lowest BCUT2D eigenvalue weighted by Gasteiger charge is -2.31. The van der Waals surface area contributed by atoms with Crippen LogP contribution in [0.3, 0.4) is 0 Å². The van der Waals surface area contributed by atoms with Crippen LogP contribution in [0.25, 0.3) is 0 Å². The third kappa shape index (κ3) is 4.17. The van der Waals surface area contributed by atoms with Gasteiger partial charge in [-0.1, -0.05) is 18.9 Å².